The van der Waals surface area contributed by atoms with E-state index in [0.717, 1.165) is 55.4 Å². The molecule has 12 rings (SSSR count). The van der Waals surface area contributed by atoms with Crippen molar-refractivity contribution in [3.05, 3.63) is 248 Å². The summed E-state index contributed by atoms with van der Waals surface area (Å²) in [7, 11) is 0. The molecule has 3 aromatic heterocycles. The number of ether oxygens (including phenoxy) is 1. The molecule has 0 N–H and O–H groups in total. The topological polar surface area (TPSA) is 35.9 Å². The van der Waals surface area contributed by atoms with Crippen LogP contribution in [0.5, 0.6) is 11.5 Å². The molecule has 0 amide bonds. The molecule has 0 aliphatic rings. The second-order valence-electron chi connectivity index (χ2n) is 17.6. The number of fused-ring (bicyclic) bond motifs is 4. The summed E-state index contributed by atoms with van der Waals surface area (Å²) in [6.45, 7) is 6.71. The second-order valence-corrected chi connectivity index (χ2v) is 17.6. The Kier molecular flexibility index (Phi) is 9.00. The summed E-state index contributed by atoms with van der Waals surface area (Å²) < 4.78 is 99.7. The van der Waals surface area contributed by atoms with Crippen LogP contribution in [-0.2, 0) is 26.5 Å². The molecule has 0 atom stereocenters. The van der Waals surface area contributed by atoms with Crippen LogP contribution in [-0.4, -0.2) is 14.1 Å². The molecule has 340 valence electrons. The Labute approximate surface area is 436 Å². The van der Waals surface area contributed by atoms with E-state index in [1.807, 2.05) is 91.1 Å². The van der Waals surface area contributed by atoms with Crippen molar-refractivity contribution in [2.24, 2.45) is 0 Å². The maximum absolute atomic E-state index is 9.07. The zero-order valence-electron chi connectivity index (χ0n) is 48.1. The SMILES string of the molecule is [2H]c1c([2H])c([2H])c(-c2cccc(-c3c([2H])c([2H])c([2H])c([2H])c3[2H])c2-[n+]2[c-]n(-c3[c-]c(Oc4[c-]c5c(cc4)c4ccccc4n5-c4ncc(-c5ccccc5)c(C(C)(C)C)c4-c4ccccc4)ccc3)c3ccccc32)c([2H])c1[2H].[Pt]. The van der Waals surface area contributed by atoms with E-state index in [1.54, 1.807) is 33.4 Å². The Morgan fingerprint density at radius 1 is 0.543 bits per heavy atom. The molecule has 9 aromatic carbocycles. The van der Waals surface area contributed by atoms with E-state index in [4.69, 9.17) is 23.4 Å². The third kappa shape index (κ3) is 7.92. The molecule has 70 heavy (non-hydrogen) atoms. The van der Waals surface area contributed by atoms with Gasteiger partial charge in [0.25, 0.3) is 6.33 Å². The van der Waals surface area contributed by atoms with Crippen molar-refractivity contribution in [2.45, 2.75) is 26.2 Å². The molecule has 0 fully saturated rings. The van der Waals surface area contributed by atoms with Crippen LogP contribution in [0.15, 0.2) is 224 Å². The van der Waals surface area contributed by atoms with E-state index in [-0.39, 0.29) is 54.4 Å². The molecule has 0 bridgehead atoms. The van der Waals surface area contributed by atoms with Crippen molar-refractivity contribution in [1.29, 1.82) is 0 Å². The van der Waals surface area contributed by atoms with Crippen molar-refractivity contribution in [3.8, 4) is 73.2 Å². The standard InChI is InChI=1S/C64H46N4O.Pt/c1-64(2,3)61-55(46-26-12-6-13-27-46)42-65-63(60(61)47-28-14-7-15-29-47)68-56-35-17-16-32-53(56)54-39-38-50(41-59(54)68)69-49-31-20-30-48(40-49)66-43-67(58-37-19-18-36-57(58)66)62-51(44-22-8-4-9-23-44)33-21-34-52(62)45-24-10-5-11-25-45;/h4-39,42H,1-3H3;/q-2;/i4D,5D,8D,9D,10D,11D,22D,23D,24D,25D;. The maximum atomic E-state index is 9.07. The molecule has 0 aliphatic heterocycles. The minimum Gasteiger partial charge on any atom is -0.510 e. The average molecular weight is 1090 g/mol. The summed E-state index contributed by atoms with van der Waals surface area (Å²) in [5.41, 5.74) is 8.45. The van der Waals surface area contributed by atoms with Crippen molar-refractivity contribution in [1.82, 2.24) is 14.1 Å². The quantitative estimate of drug-likeness (QED) is 0.107. The summed E-state index contributed by atoms with van der Waals surface area (Å²) >= 11 is 0. The second kappa shape index (κ2) is 18.4. The minimum atomic E-state index is -0.576. The number of hydrogen-bond donors (Lipinski definition) is 0. The third-order valence-electron chi connectivity index (χ3n) is 12.3. The van der Waals surface area contributed by atoms with Crippen molar-refractivity contribution in [2.75, 3.05) is 0 Å². The van der Waals surface area contributed by atoms with Crippen LogP contribution in [0.1, 0.15) is 40.0 Å². The van der Waals surface area contributed by atoms with Gasteiger partial charge >= 0.3 is 0 Å². The fourth-order valence-corrected chi connectivity index (χ4v) is 9.42. The molecule has 0 unspecified atom stereocenters. The van der Waals surface area contributed by atoms with Crippen LogP contribution < -0.4 is 9.30 Å². The summed E-state index contributed by atoms with van der Waals surface area (Å²) in [4.78, 5) is 5.34. The number of para-hydroxylation sites is 4. The maximum Gasteiger partial charge on any atom is 0.268 e. The van der Waals surface area contributed by atoms with Gasteiger partial charge in [0.1, 0.15) is 5.82 Å². The molecule has 0 aliphatic carbocycles. The number of rotatable bonds is 9. The Balaban J connectivity index is 0.00000675. The Bertz CT molecular complexity index is 4320. The molecule has 0 saturated heterocycles. The fraction of sp³-hybridized carbons (Fsp3) is 0.0625. The van der Waals surface area contributed by atoms with E-state index < -0.39 is 60.4 Å². The van der Waals surface area contributed by atoms with E-state index in [9.17, 15) is 0 Å². The Morgan fingerprint density at radius 3 is 1.83 bits per heavy atom. The molecule has 6 heteroatoms. The fourth-order valence-electron chi connectivity index (χ4n) is 9.42. The van der Waals surface area contributed by atoms with Gasteiger partial charge < -0.3 is 13.9 Å². The third-order valence-corrected chi connectivity index (χ3v) is 12.3. The summed E-state index contributed by atoms with van der Waals surface area (Å²) in [5.74, 6) is 1.50. The summed E-state index contributed by atoms with van der Waals surface area (Å²) in [6, 6.07) is 52.2. The molecule has 0 saturated carbocycles. The molecule has 5 nitrogen and oxygen atoms in total. The molecule has 3 heterocycles. The van der Waals surface area contributed by atoms with Gasteiger partial charge in [0.2, 0.25) is 0 Å². The monoisotopic (exact) mass is 1090 g/mol. The van der Waals surface area contributed by atoms with Gasteiger partial charge in [-0.05, 0) is 61.5 Å². The summed E-state index contributed by atoms with van der Waals surface area (Å²) in [6.07, 6.45) is 5.41. The first kappa shape index (κ1) is 34.2. The van der Waals surface area contributed by atoms with E-state index in [1.165, 1.54) is 0 Å². The number of benzene rings is 9. The van der Waals surface area contributed by atoms with Crippen LogP contribution in [0, 0.1) is 18.5 Å². The van der Waals surface area contributed by atoms with Crippen molar-refractivity contribution >= 4 is 32.8 Å². The molecular weight excluding hydrogens is 1040 g/mol. The van der Waals surface area contributed by atoms with Gasteiger partial charge in [-0.1, -0.05) is 208 Å². The number of imidazole rings is 1. The first-order valence-electron chi connectivity index (χ1n) is 27.6. The summed E-state index contributed by atoms with van der Waals surface area (Å²) in [5, 5.41) is 1.97. The van der Waals surface area contributed by atoms with Crippen molar-refractivity contribution in [3.63, 3.8) is 0 Å². The molecule has 0 radical (unpaired) electrons. The van der Waals surface area contributed by atoms with Gasteiger partial charge in [0.15, 0.2) is 0 Å². The first-order chi connectivity index (χ1) is 38.0. The zero-order chi connectivity index (χ0) is 55.2. The Morgan fingerprint density at radius 2 is 1.14 bits per heavy atom. The smallest absolute Gasteiger partial charge is 0.268 e. The Hall–Kier alpha value is -8.11. The first-order valence-corrected chi connectivity index (χ1v) is 22.6. The van der Waals surface area contributed by atoms with Crippen LogP contribution in [0.3, 0.4) is 0 Å². The van der Waals surface area contributed by atoms with Crippen LogP contribution in [0.4, 0.5) is 0 Å². The van der Waals surface area contributed by atoms with Gasteiger partial charge in [-0.25, -0.2) is 4.98 Å². The molecule has 12 aromatic rings. The normalized spacial score (nSPS) is 13.5. The van der Waals surface area contributed by atoms with E-state index in [2.05, 4.69) is 92.3 Å². The van der Waals surface area contributed by atoms with Gasteiger partial charge in [-0.2, -0.15) is 18.2 Å². The van der Waals surface area contributed by atoms with Gasteiger partial charge in [0.05, 0.1) is 30.4 Å². The van der Waals surface area contributed by atoms with Crippen LogP contribution in [0.25, 0.3) is 94.5 Å². The molecule has 0 spiro atoms. The van der Waals surface area contributed by atoms with Crippen LogP contribution >= 0.6 is 0 Å². The predicted molar refractivity (Wildman–Crippen MR) is 280 cm³/mol. The van der Waals surface area contributed by atoms with E-state index >= 15 is 0 Å². The number of pyridine rings is 1. The van der Waals surface area contributed by atoms with Gasteiger partial charge in [-0.15, -0.1) is 29.7 Å². The largest absolute Gasteiger partial charge is 0.510 e. The average Bonchev–Trinajstić information content (AvgIpc) is 3.40. The number of hydrogen-bond acceptors (Lipinski definition) is 2. The predicted octanol–water partition coefficient (Wildman–Crippen LogP) is 15.6. The minimum absolute atomic E-state index is 0. The molecular formula is C64H46N4OPt-2. The van der Waals surface area contributed by atoms with Crippen molar-refractivity contribution < 1.29 is 44.1 Å². The number of aromatic nitrogens is 4. The zero-order valence-corrected chi connectivity index (χ0v) is 40.4. The van der Waals surface area contributed by atoms with E-state index in [0.29, 0.717) is 28.2 Å². The number of nitrogens with zero attached hydrogens (tertiary/aromatic N) is 4. The van der Waals surface area contributed by atoms with Crippen LogP contribution in [0.2, 0.25) is 0 Å². The van der Waals surface area contributed by atoms with Gasteiger partial charge in [-0.3, -0.25) is 4.57 Å². The van der Waals surface area contributed by atoms with Gasteiger partial charge in [0, 0.05) is 55.4 Å².